The van der Waals surface area contributed by atoms with E-state index in [-0.39, 0.29) is 0 Å². The predicted octanol–water partition coefficient (Wildman–Crippen LogP) is 1.70. The third-order valence-corrected chi connectivity index (χ3v) is 3.09. The molecule has 2 aliphatic rings. The molecular weight excluding hydrogens is 174 g/mol. The molecule has 3 heteroatoms. The minimum absolute atomic E-state index is 0.489. The lowest BCUT2D eigenvalue weighted by Crippen LogP contribution is -2.50. The van der Waals surface area contributed by atoms with E-state index < -0.39 is 0 Å². The Balaban J connectivity index is 2.17. The van der Waals surface area contributed by atoms with Crippen molar-refractivity contribution in [3.05, 3.63) is 29.3 Å². The molecule has 14 heavy (non-hydrogen) atoms. The van der Waals surface area contributed by atoms with Crippen molar-refractivity contribution in [2.45, 2.75) is 19.4 Å². The second-order valence-corrected chi connectivity index (χ2v) is 4.03. The molecule has 0 aromatic heterocycles. The van der Waals surface area contributed by atoms with Crippen LogP contribution in [0.2, 0.25) is 0 Å². The molecule has 0 saturated carbocycles. The van der Waals surface area contributed by atoms with Crippen molar-refractivity contribution in [2.75, 3.05) is 6.54 Å². The van der Waals surface area contributed by atoms with Gasteiger partial charge < -0.3 is 10.6 Å². The van der Waals surface area contributed by atoms with Gasteiger partial charge in [0.05, 0.1) is 11.7 Å². The van der Waals surface area contributed by atoms with Gasteiger partial charge in [-0.15, -0.1) is 0 Å². The molecular formula is C11H13N3. The van der Waals surface area contributed by atoms with Gasteiger partial charge in [0.15, 0.2) is 5.96 Å². The van der Waals surface area contributed by atoms with Gasteiger partial charge in [0.25, 0.3) is 0 Å². The normalized spacial score (nSPS) is 23.4. The smallest absolute Gasteiger partial charge is 0.197 e. The van der Waals surface area contributed by atoms with E-state index in [0.717, 1.165) is 12.2 Å². The van der Waals surface area contributed by atoms with E-state index in [4.69, 9.17) is 5.73 Å². The van der Waals surface area contributed by atoms with Gasteiger partial charge in [0.1, 0.15) is 0 Å². The van der Waals surface area contributed by atoms with Crippen LogP contribution in [0.4, 0.5) is 5.69 Å². The SMILES string of the molecule is Cc1ccc2c(c1)N=C(N)N1CCC21. The summed E-state index contributed by atoms with van der Waals surface area (Å²) in [6.45, 7) is 3.13. The van der Waals surface area contributed by atoms with Gasteiger partial charge in [-0.2, -0.15) is 0 Å². The molecule has 0 bridgehead atoms. The zero-order valence-corrected chi connectivity index (χ0v) is 8.20. The lowest BCUT2D eigenvalue weighted by Gasteiger charge is -2.44. The van der Waals surface area contributed by atoms with Crippen molar-refractivity contribution in [1.82, 2.24) is 4.90 Å². The van der Waals surface area contributed by atoms with Crippen LogP contribution in [0, 0.1) is 6.92 Å². The summed E-state index contributed by atoms with van der Waals surface area (Å²) < 4.78 is 0. The van der Waals surface area contributed by atoms with Crippen molar-refractivity contribution in [1.29, 1.82) is 0 Å². The summed E-state index contributed by atoms with van der Waals surface area (Å²) in [7, 11) is 0. The number of hydrogen-bond acceptors (Lipinski definition) is 3. The predicted molar refractivity (Wildman–Crippen MR) is 56.5 cm³/mol. The molecule has 72 valence electrons. The molecule has 2 aliphatic heterocycles. The molecule has 1 aromatic rings. The average molecular weight is 187 g/mol. The van der Waals surface area contributed by atoms with Gasteiger partial charge in [-0.25, -0.2) is 4.99 Å². The molecule has 0 aliphatic carbocycles. The van der Waals surface area contributed by atoms with Crippen molar-refractivity contribution < 1.29 is 0 Å². The summed E-state index contributed by atoms with van der Waals surface area (Å²) in [5, 5.41) is 0. The Kier molecular flexibility index (Phi) is 1.40. The molecule has 0 amide bonds. The molecule has 1 saturated heterocycles. The second kappa shape index (κ2) is 2.50. The fourth-order valence-corrected chi connectivity index (χ4v) is 2.20. The van der Waals surface area contributed by atoms with E-state index >= 15 is 0 Å². The van der Waals surface area contributed by atoms with Crippen LogP contribution in [0.1, 0.15) is 23.6 Å². The Morgan fingerprint density at radius 3 is 3.07 bits per heavy atom. The summed E-state index contributed by atoms with van der Waals surface area (Å²) in [5.74, 6) is 0.680. The molecule has 1 unspecified atom stereocenters. The third kappa shape index (κ3) is 0.895. The van der Waals surface area contributed by atoms with E-state index in [1.807, 2.05) is 0 Å². The number of aryl methyl sites for hydroxylation is 1. The van der Waals surface area contributed by atoms with E-state index in [0.29, 0.717) is 12.0 Å². The van der Waals surface area contributed by atoms with Crippen molar-refractivity contribution in [3.8, 4) is 0 Å². The Morgan fingerprint density at radius 2 is 2.36 bits per heavy atom. The summed E-state index contributed by atoms with van der Waals surface area (Å²) in [6.07, 6.45) is 1.20. The van der Waals surface area contributed by atoms with Gasteiger partial charge in [-0.05, 0) is 25.0 Å². The fraction of sp³-hybridized carbons (Fsp3) is 0.364. The first-order chi connectivity index (χ1) is 6.75. The maximum absolute atomic E-state index is 5.86. The molecule has 0 spiro atoms. The average Bonchev–Trinajstić information content (AvgIpc) is 2.05. The minimum Gasteiger partial charge on any atom is -0.369 e. The number of aliphatic imine (C=N–C) groups is 1. The third-order valence-electron chi connectivity index (χ3n) is 3.09. The number of nitrogens with two attached hydrogens (primary N) is 1. The maximum Gasteiger partial charge on any atom is 0.197 e. The highest BCUT2D eigenvalue weighted by atomic mass is 15.3. The highest BCUT2D eigenvalue weighted by molar-refractivity contribution is 5.85. The molecule has 3 nitrogen and oxygen atoms in total. The van der Waals surface area contributed by atoms with Gasteiger partial charge in [-0.3, -0.25) is 0 Å². The van der Waals surface area contributed by atoms with Crippen LogP contribution < -0.4 is 5.73 Å². The first-order valence-corrected chi connectivity index (χ1v) is 4.97. The van der Waals surface area contributed by atoms with Crippen molar-refractivity contribution in [2.24, 2.45) is 10.7 Å². The molecule has 1 fully saturated rings. The number of nitrogens with zero attached hydrogens (tertiary/aromatic N) is 2. The Hall–Kier alpha value is -1.51. The largest absolute Gasteiger partial charge is 0.369 e. The van der Waals surface area contributed by atoms with E-state index in [9.17, 15) is 0 Å². The zero-order chi connectivity index (χ0) is 9.71. The Bertz CT molecular complexity index is 423. The van der Waals surface area contributed by atoms with Crippen LogP contribution in [0.15, 0.2) is 23.2 Å². The standard InChI is InChI=1S/C11H13N3/c1-7-2-3-8-9(6-7)13-11(12)14-5-4-10(8)14/h2-3,6,10H,4-5H2,1H3,(H2,12,13). The minimum atomic E-state index is 0.489. The van der Waals surface area contributed by atoms with Crippen LogP contribution in [0.3, 0.4) is 0 Å². The summed E-state index contributed by atoms with van der Waals surface area (Å²) >= 11 is 0. The second-order valence-electron chi connectivity index (χ2n) is 4.03. The zero-order valence-electron chi connectivity index (χ0n) is 8.20. The van der Waals surface area contributed by atoms with Gasteiger partial charge in [0, 0.05) is 12.1 Å². The first-order valence-electron chi connectivity index (χ1n) is 4.97. The van der Waals surface area contributed by atoms with Gasteiger partial charge in [-0.1, -0.05) is 12.1 Å². The topological polar surface area (TPSA) is 41.6 Å². The maximum atomic E-state index is 5.86. The highest BCUT2D eigenvalue weighted by Gasteiger charge is 2.35. The molecule has 1 aromatic carbocycles. The van der Waals surface area contributed by atoms with Crippen molar-refractivity contribution >= 4 is 11.6 Å². The molecule has 1 atom stereocenters. The number of benzene rings is 1. The molecule has 0 radical (unpaired) electrons. The summed E-state index contributed by atoms with van der Waals surface area (Å²) in [4.78, 5) is 6.57. The van der Waals surface area contributed by atoms with Gasteiger partial charge in [0.2, 0.25) is 0 Å². The lowest BCUT2D eigenvalue weighted by atomic mass is 9.91. The Morgan fingerprint density at radius 1 is 1.50 bits per heavy atom. The van der Waals surface area contributed by atoms with Gasteiger partial charge >= 0.3 is 0 Å². The van der Waals surface area contributed by atoms with E-state index in [1.165, 1.54) is 17.5 Å². The summed E-state index contributed by atoms with van der Waals surface area (Å²) in [5.41, 5.74) is 9.49. The fourth-order valence-electron chi connectivity index (χ4n) is 2.20. The van der Waals surface area contributed by atoms with E-state index in [1.54, 1.807) is 0 Å². The summed E-state index contributed by atoms with van der Waals surface area (Å²) in [6, 6.07) is 6.92. The number of fused-ring (bicyclic) bond motifs is 3. The number of rotatable bonds is 0. The Labute approximate surface area is 83.2 Å². The lowest BCUT2D eigenvalue weighted by molar-refractivity contribution is 0.181. The van der Waals surface area contributed by atoms with E-state index in [2.05, 4.69) is 35.0 Å². The number of hydrogen-bond donors (Lipinski definition) is 1. The highest BCUT2D eigenvalue weighted by Crippen LogP contribution is 2.41. The van der Waals surface area contributed by atoms with Crippen LogP contribution >= 0.6 is 0 Å². The van der Waals surface area contributed by atoms with Crippen molar-refractivity contribution in [3.63, 3.8) is 0 Å². The first kappa shape index (κ1) is 7.85. The monoisotopic (exact) mass is 187 g/mol. The van der Waals surface area contributed by atoms with Crippen LogP contribution in [-0.2, 0) is 0 Å². The number of guanidine groups is 1. The van der Waals surface area contributed by atoms with Crippen LogP contribution in [0.5, 0.6) is 0 Å². The molecule has 2 heterocycles. The molecule has 2 N–H and O–H groups in total. The van der Waals surface area contributed by atoms with Crippen LogP contribution in [0.25, 0.3) is 0 Å². The molecule has 3 rings (SSSR count). The van der Waals surface area contributed by atoms with Crippen LogP contribution in [-0.4, -0.2) is 17.4 Å². The quantitative estimate of drug-likeness (QED) is 0.671.